The summed E-state index contributed by atoms with van der Waals surface area (Å²) in [7, 11) is 0. The molecule has 1 amide bonds. The van der Waals surface area contributed by atoms with Crippen LogP contribution in [0.2, 0.25) is 0 Å². The summed E-state index contributed by atoms with van der Waals surface area (Å²) in [5.74, 6) is 0.448. The first-order chi connectivity index (χ1) is 10.3. The Balaban J connectivity index is 1.48. The zero-order valence-corrected chi connectivity index (χ0v) is 12.1. The number of nitrogens with one attached hydrogen (secondary N) is 1. The van der Waals surface area contributed by atoms with Gasteiger partial charge in [0.1, 0.15) is 11.9 Å². The summed E-state index contributed by atoms with van der Waals surface area (Å²) in [5.41, 5.74) is 3.00. The average molecular weight is 284 g/mol. The molecule has 0 atom stereocenters. The van der Waals surface area contributed by atoms with E-state index in [0.29, 0.717) is 12.4 Å². The van der Waals surface area contributed by atoms with Crippen LogP contribution < -0.4 is 5.32 Å². The number of carbonyl (C=O) groups excluding carboxylic acids is 1. The van der Waals surface area contributed by atoms with Crippen molar-refractivity contribution < 1.29 is 9.21 Å². The molecule has 0 saturated heterocycles. The van der Waals surface area contributed by atoms with Gasteiger partial charge in [-0.25, -0.2) is 4.98 Å². The molecular formula is C17H20N2O2. The van der Waals surface area contributed by atoms with Crippen LogP contribution in [-0.2, 0) is 11.2 Å². The van der Waals surface area contributed by atoms with E-state index in [4.69, 9.17) is 4.42 Å². The van der Waals surface area contributed by atoms with Gasteiger partial charge in [0.2, 0.25) is 11.8 Å². The molecule has 1 aliphatic rings. The smallest absolute Gasteiger partial charge is 0.229 e. The fourth-order valence-corrected chi connectivity index (χ4v) is 2.69. The number of hydrogen-bond acceptors (Lipinski definition) is 3. The fraction of sp³-hybridized carbons (Fsp3) is 0.412. The minimum absolute atomic E-state index is 0.0297. The van der Waals surface area contributed by atoms with Crippen LogP contribution in [-0.4, -0.2) is 17.4 Å². The van der Waals surface area contributed by atoms with Gasteiger partial charge in [-0.15, -0.1) is 0 Å². The van der Waals surface area contributed by atoms with E-state index in [9.17, 15) is 4.79 Å². The lowest BCUT2D eigenvalue weighted by atomic mass is 9.97. The van der Waals surface area contributed by atoms with Gasteiger partial charge < -0.3 is 9.73 Å². The molecule has 0 aliphatic heterocycles. The van der Waals surface area contributed by atoms with Crippen LogP contribution in [0, 0.1) is 0 Å². The van der Waals surface area contributed by atoms with Gasteiger partial charge >= 0.3 is 0 Å². The van der Waals surface area contributed by atoms with Crippen molar-refractivity contribution in [2.45, 2.75) is 38.5 Å². The minimum Gasteiger partial charge on any atom is -0.440 e. The van der Waals surface area contributed by atoms with Crippen LogP contribution >= 0.6 is 0 Å². The van der Waals surface area contributed by atoms with Gasteiger partial charge in [-0.05, 0) is 44.2 Å². The summed E-state index contributed by atoms with van der Waals surface area (Å²) in [6, 6.07) is 7.55. The van der Waals surface area contributed by atoms with E-state index in [1.807, 2.05) is 24.3 Å². The Morgan fingerprint density at radius 1 is 1.29 bits per heavy atom. The van der Waals surface area contributed by atoms with Crippen molar-refractivity contribution in [3.8, 4) is 0 Å². The number of allylic oxidation sites excluding steroid dienone is 1. The van der Waals surface area contributed by atoms with Crippen molar-refractivity contribution in [1.82, 2.24) is 10.3 Å². The first-order valence-corrected chi connectivity index (χ1v) is 7.60. The summed E-state index contributed by atoms with van der Waals surface area (Å²) >= 11 is 0. The molecule has 1 N–H and O–H groups in total. The lowest BCUT2D eigenvalue weighted by molar-refractivity contribution is -0.120. The van der Waals surface area contributed by atoms with Crippen molar-refractivity contribution in [3.05, 3.63) is 41.8 Å². The number of benzene rings is 1. The lowest BCUT2D eigenvalue weighted by Gasteiger charge is -2.12. The molecule has 0 radical (unpaired) electrons. The molecule has 0 saturated carbocycles. The molecule has 0 unspecified atom stereocenters. The van der Waals surface area contributed by atoms with Crippen molar-refractivity contribution in [2.24, 2.45) is 0 Å². The van der Waals surface area contributed by atoms with Crippen LogP contribution in [0.4, 0.5) is 0 Å². The molecule has 4 heteroatoms. The van der Waals surface area contributed by atoms with E-state index < -0.39 is 0 Å². The Hall–Kier alpha value is -2.10. The molecule has 1 aliphatic carbocycles. The van der Waals surface area contributed by atoms with E-state index in [0.717, 1.165) is 17.5 Å². The van der Waals surface area contributed by atoms with Gasteiger partial charge in [0.05, 0.1) is 0 Å². The molecule has 0 fully saturated rings. The van der Waals surface area contributed by atoms with Gasteiger partial charge in [-0.3, -0.25) is 4.79 Å². The maximum absolute atomic E-state index is 11.9. The maximum Gasteiger partial charge on any atom is 0.229 e. The van der Waals surface area contributed by atoms with E-state index in [1.165, 1.54) is 31.3 Å². The van der Waals surface area contributed by atoms with Crippen LogP contribution in [0.15, 0.2) is 40.3 Å². The molecule has 3 rings (SSSR count). The van der Waals surface area contributed by atoms with Crippen molar-refractivity contribution in [3.63, 3.8) is 0 Å². The van der Waals surface area contributed by atoms with Gasteiger partial charge in [-0.1, -0.05) is 23.8 Å². The topological polar surface area (TPSA) is 55.1 Å². The Bertz CT molecular complexity index is 625. The SMILES string of the molecule is O=C(Cc1nc2ccccc2o1)NCCC1=CCCCC1. The zero-order valence-electron chi connectivity index (χ0n) is 12.1. The lowest BCUT2D eigenvalue weighted by Crippen LogP contribution is -2.26. The number of para-hydroxylation sites is 2. The number of amides is 1. The Kier molecular flexibility index (Phi) is 4.34. The largest absolute Gasteiger partial charge is 0.440 e. The second kappa shape index (κ2) is 6.57. The third-order valence-corrected chi connectivity index (χ3v) is 3.80. The number of hydrogen-bond donors (Lipinski definition) is 1. The number of rotatable bonds is 5. The van der Waals surface area contributed by atoms with Gasteiger partial charge in [0.15, 0.2) is 5.58 Å². The van der Waals surface area contributed by atoms with E-state index in [1.54, 1.807) is 0 Å². The number of fused-ring (bicyclic) bond motifs is 1. The highest BCUT2D eigenvalue weighted by Gasteiger charge is 2.10. The van der Waals surface area contributed by atoms with Gasteiger partial charge in [-0.2, -0.15) is 0 Å². The Morgan fingerprint density at radius 2 is 2.19 bits per heavy atom. The summed E-state index contributed by atoms with van der Waals surface area (Å²) < 4.78 is 5.55. The molecule has 1 aromatic carbocycles. The minimum atomic E-state index is -0.0297. The second-order valence-corrected chi connectivity index (χ2v) is 5.46. The molecular weight excluding hydrogens is 264 g/mol. The van der Waals surface area contributed by atoms with Gasteiger partial charge in [0, 0.05) is 6.54 Å². The maximum atomic E-state index is 11.9. The molecule has 0 spiro atoms. The average Bonchev–Trinajstić information content (AvgIpc) is 2.90. The fourth-order valence-electron chi connectivity index (χ4n) is 2.69. The van der Waals surface area contributed by atoms with Crippen LogP contribution in [0.1, 0.15) is 38.0 Å². The summed E-state index contributed by atoms with van der Waals surface area (Å²) in [4.78, 5) is 16.2. The van der Waals surface area contributed by atoms with Crippen LogP contribution in [0.3, 0.4) is 0 Å². The normalized spacial score (nSPS) is 15.0. The monoisotopic (exact) mass is 284 g/mol. The van der Waals surface area contributed by atoms with Crippen LogP contribution in [0.25, 0.3) is 11.1 Å². The number of oxazole rings is 1. The molecule has 21 heavy (non-hydrogen) atoms. The third-order valence-electron chi connectivity index (χ3n) is 3.80. The van der Waals surface area contributed by atoms with E-state index >= 15 is 0 Å². The summed E-state index contributed by atoms with van der Waals surface area (Å²) in [6.07, 6.45) is 8.42. The molecule has 4 nitrogen and oxygen atoms in total. The predicted octanol–water partition coefficient (Wildman–Crippen LogP) is 3.38. The highest BCUT2D eigenvalue weighted by molar-refractivity contribution is 5.79. The first kappa shape index (κ1) is 13.9. The van der Waals surface area contributed by atoms with Gasteiger partial charge in [0.25, 0.3) is 0 Å². The van der Waals surface area contributed by atoms with E-state index in [-0.39, 0.29) is 12.3 Å². The highest BCUT2D eigenvalue weighted by Crippen LogP contribution is 2.19. The molecule has 1 aromatic heterocycles. The third kappa shape index (κ3) is 3.72. The highest BCUT2D eigenvalue weighted by atomic mass is 16.3. The number of aromatic nitrogens is 1. The Morgan fingerprint density at radius 3 is 3.00 bits per heavy atom. The quantitative estimate of drug-likeness (QED) is 0.856. The number of carbonyl (C=O) groups is 1. The van der Waals surface area contributed by atoms with Crippen molar-refractivity contribution in [2.75, 3.05) is 6.54 Å². The Labute approximate surface area is 124 Å². The molecule has 1 heterocycles. The molecule has 2 aromatic rings. The first-order valence-electron chi connectivity index (χ1n) is 7.60. The van der Waals surface area contributed by atoms with Crippen LogP contribution in [0.5, 0.6) is 0 Å². The predicted molar refractivity (Wildman–Crippen MR) is 81.9 cm³/mol. The zero-order chi connectivity index (χ0) is 14.5. The molecule has 110 valence electrons. The van der Waals surface area contributed by atoms with Crippen molar-refractivity contribution >= 4 is 17.0 Å². The van der Waals surface area contributed by atoms with E-state index in [2.05, 4.69) is 16.4 Å². The summed E-state index contributed by atoms with van der Waals surface area (Å²) in [6.45, 7) is 0.699. The second-order valence-electron chi connectivity index (χ2n) is 5.46. The van der Waals surface area contributed by atoms with Crippen molar-refractivity contribution in [1.29, 1.82) is 0 Å². The molecule has 0 bridgehead atoms. The standard InChI is InChI=1S/C17H20N2O2/c20-16(18-11-10-13-6-2-1-3-7-13)12-17-19-14-8-4-5-9-15(14)21-17/h4-6,8-9H,1-3,7,10-12H2,(H,18,20). The summed E-state index contributed by atoms with van der Waals surface area (Å²) in [5, 5.41) is 2.94. The number of nitrogens with zero attached hydrogens (tertiary/aromatic N) is 1.